The van der Waals surface area contributed by atoms with Crippen LogP contribution in [0.15, 0.2) is 91.3 Å². The summed E-state index contributed by atoms with van der Waals surface area (Å²) < 4.78 is 10.5. The molecule has 3 aliphatic heterocycles. The van der Waals surface area contributed by atoms with Gasteiger partial charge in [-0.15, -0.1) is 0 Å². The monoisotopic (exact) mass is 713 g/mol. The number of benzene rings is 3. The predicted octanol–water partition coefficient (Wildman–Crippen LogP) is 6.74. The normalized spacial score (nSPS) is 20.4. The fraction of sp³-hybridized carbons (Fsp3) is 0.341. The smallest absolute Gasteiger partial charge is 0.407 e. The quantitative estimate of drug-likeness (QED) is 0.154. The molecule has 53 heavy (non-hydrogen) atoms. The molecule has 2 aromatic heterocycles. The number of methoxy groups -OCH3 is 1. The zero-order valence-corrected chi connectivity index (χ0v) is 29.7. The van der Waals surface area contributed by atoms with Crippen LogP contribution in [0.2, 0.25) is 0 Å². The van der Waals surface area contributed by atoms with Crippen LogP contribution >= 0.6 is 0 Å². The number of ether oxygens (including phenoxy) is 2. The van der Waals surface area contributed by atoms with Gasteiger partial charge in [0.1, 0.15) is 23.8 Å². The Morgan fingerprint density at radius 1 is 0.736 bits per heavy atom. The number of alkyl carbamates (subject to hydrolysis) is 1. The van der Waals surface area contributed by atoms with Crippen LogP contribution in [-0.4, -0.2) is 80.6 Å². The number of H-pyrrole nitrogens is 2. The third-order valence-electron chi connectivity index (χ3n) is 10.7. The van der Waals surface area contributed by atoms with Gasteiger partial charge in [-0.05, 0) is 66.3 Å². The summed E-state index contributed by atoms with van der Waals surface area (Å²) in [6.45, 7) is 1.96. The number of aromatic amines is 2. The van der Waals surface area contributed by atoms with E-state index < -0.39 is 12.1 Å². The van der Waals surface area contributed by atoms with Crippen LogP contribution in [0.25, 0.3) is 33.6 Å². The zero-order chi connectivity index (χ0) is 36.3. The molecule has 0 radical (unpaired) electrons. The predicted molar refractivity (Wildman–Crippen MR) is 198 cm³/mol. The molecule has 3 saturated heterocycles. The summed E-state index contributed by atoms with van der Waals surface area (Å²) in [7, 11) is 1.29. The molecule has 0 saturated carbocycles. The number of aromatic nitrogens is 4. The maximum atomic E-state index is 13.9. The molecule has 3 fully saturated rings. The van der Waals surface area contributed by atoms with E-state index in [1.807, 2.05) is 47.6 Å². The Labute approximate surface area is 307 Å². The van der Waals surface area contributed by atoms with E-state index in [9.17, 15) is 14.4 Å². The highest BCUT2D eigenvalue weighted by molar-refractivity contribution is 5.87. The maximum absolute atomic E-state index is 13.9. The van der Waals surface area contributed by atoms with E-state index in [0.29, 0.717) is 24.5 Å². The van der Waals surface area contributed by atoms with Crippen molar-refractivity contribution in [3.63, 3.8) is 0 Å². The van der Waals surface area contributed by atoms with Gasteiger partial charge in [-0.25, -0.2) is 14.8 Å². The molecule has 5 aromatic rings. The molecule has 3 aromatic carbocycles. The molecule has 3 amide bonds. The van der Waals surface area contributed by atoms with Crippen LogP contribution in [0, 0.1) is 0 Å². The van der Waals surface area contributed by atoms with Gasteiger partial charge in [0.2, 0.25) is 0 Å². The summed E-state index contributed by atoms with van der Waals surface area (Å²) >= 11 is 0. The van der Waals surface area contributed by atoms with E-state index in [2.05, 4.69) is 68.8 Å². The molecule has 12 nitrogen and oxygen atoms in total. The van der Waals surface area contributed by atoms with Crippen LogP contribution in [0.1, 0.15) is 73.9 Å². The average molecular weight is 714 g/mol. The maximum Gasteiger partial charge on any atom is 0.407 e. The number of carbonyl (C=O) groups is 3. The molecule has 3 N–H and O–H groups in total. The largest absolute Gasteiger partial charge is 0.453 e. The van der Waals surface area contributed by atoms with Gasteiger partial charge in [-0.1, -0.05) is 78.9 Å². The summed E-state index contributed by atoms with van der Waals surface area (Å²) in [5, 5.41) is 2.71. The lowest BCUT2D eigenvalue weighted by Crippen LogP contribution is -2.42. The number of hydrogen-bond acceptors (Lipinski definition) is 7. The van der Waals surface area contributed by atoms with E-state index in [1.165, 1.54) is 7.11 Å². The fourth-order valence-corrected chi connectivity index (χ4v) is 7.85. The minimum absolute atomic E-state index is 0.0499. The Hall–Kier alpha value is -5.75. The van der Waals surface area contributed by atoms with Crippen LogP contribution < -0.4 is 5.32 Å². The van der Waals surface area contributed by atoms with Crippen LogP contribution in [0.5, 0.6) is 0 Å². The number of imidazole rings is 2. The van der Waals surface area contributed by atoms with E-state index in [4.69, 9.17) is 14.5 Å². The average Bonchev–Trinajstić information content (AvgIpc) is 4.06. The molecule has 5 heterocycles. The van der Waals surface area contributed by atoms with Crippen molar-refractivity contribution in [3.8, 4) is 33.6 Å². The summed E-state index contributed by atoms with van der Waals surface area (Å²) in [6.07, 6.45) is 7.86. The van der Waals surface area contributed by atoms with Crippen molar-refractivity contribution in [3.05, 3.63) is 108 Å². The third kappa shape index (κ3) is 7.06. The number of rotatable bonds is 9. The molecular formula is C41H43N7O5. The van der Waals surface area contributed by atoms with Gasteiger partial charge in [0.15, 0.2) is 0 Å². The van der Waals surface area contributed by atoms with Crippen molar-refractivity contribution >= 4 is 17.9 Å². The number of likely N-dealkylation sites (tertiary alicyclic amines) is 2. The van der Waals surface area contributed by atoms with E-state index in [-0.39, 0.29) is 30.0 Å². The first-order chi connectivity index (χ1) is 26.0. The highest BCUT2D eigenvalue weighted by Gasteiger charge is 2.38. The second kappa shape index (κ2) is 15.1. The van der Waals surface area contributed by atoms with Gasteiger partial charge >= 0.3 is 6.09 Å². The Kier molecular flexibility index (Phi) is 9.77. The summed E-state index contributed by atoms with van der Waals surface area (Å²) in [4.78, 5) is 59.2. The first-order valence-electron chi connectivity index (χ1n) is 18.4. The standard InChI is InChI=1S/C41H43N7O5/c1-52-41(51)46-36(30-8-3-2-4-9-30)40(50)48-22-6-11-34(48)38-43-25-32(45-38)29-19-15-27(16-20-29)26-13-17-28(18-14-26)31-24-42-37(44-31)33-10-5-21-47(33)39(49)35-12-7-23-53-35/h2-4,8-9,13-20,24-25,33-36H,5-7,10-12,21-23H2,1H3,(H,42,44)(H,43,45)(H,46,51)/t33-,34-,35-,36+/m0/s1. The number of amides is 3. The van der Waals surface area contributed by atoms with E-state index in [1.54, 1.807) is 4.90 Å². The first kappa shape index (κ1) is 34.3. The second-order valence-electron chi connectivity index (χ2n) is 13.9. The minimum Gasteiger partial charge on any atom is -0.453 e. The van der Waals surface area contributed by atoms with Crippen LogP contribution in [0.3, 0.4) is 0 Å². The second-order valence-corrected chi connectivity index (χ2v) is 13.9. The summed E-state index contributed by atoms with van der Waals surface area (Å²) in [5.41, 5.74) is 6.65. The molecular weight excluding hydrogens is 670 g/mol. The molecule has 0 spiro atoms. The lowest BCUT2D eigenvalue weighted by atomic mass is 10.0. The Bertz CT molecular complexity index is 2050. The Morgan fingerprint density at radius 2 is 1.28 bits per heavy atom. The van der Waals surface area contributed by atoms with Crippen molar-refractivity contribution in [2.75, 3.05) is 26.8 Å². The van der Waals surface area contributed by atoms with Crippen LogP contribution in [0.4, 0.5) is 4.79 Å². The Balaban J connectivity index is 0.929. The van der Waals surface area contributed by atoms with Gasteiger partial charge in [-0.2, -0.15) is 0 Å². The lowest BCUT2D eigenvalue weighted by Gasteiger charge is -2.28. The highest BCUT2D eigenvalue weighted by Crippen LogP contribution is 2.36. The van der Waals surface area contributed by atoms with E-state index >= 15 is 0 Å². The fourth-order valence-electron chi connectivity index (χ4n) is 7.85. The lowest BCUT2D eigenvalue weighted by molar-refractivity contribution is -0.142. The van der Waals surface area contributed by atoms with Crippen molar-refractivity contribution in [2.45, 2.75) is 62.8 Å². The Morgan fingerprint density at radius 3 is 1.83 bits per heavy atom. The highest BCUT2D eigenvalue weighted by atomic mass is 16.5. The van der Waals surface area contributed by atoms with E-state index in [0.717, 1.165) is 84.5 Å². The third-order valence-corrected chi connectivity index (χ3v) is 10.7. The number of nitrogens with zero attached hydrogens (tertiary/aromatic N) is 4. The van der Waals surface area contributed by atoms with Crippen LogP contribution in [-0.2, 0) is 19.1 Å². The summed E-state index contributed by atoms with van der Waals surface area (Å²) in [5.74, 6) is 1.42. The van der Waals surface area contributed by atoms with Crippen molar-refractivity contribution in [2.24, 2.45) is 0 Å². The van der Waals surface area contributed by atoms with Gasteiger partial charge in [-0.3, -0.25) is 9.59 Å². The number of carbonyl (C=O) groups excluding carboxylic acids is 3. The first-order valence-corrected chi connectivity index (χ1v) is 18.4. The zero-order valence-electron chi connectivity index (χ0n) is 29.7. The van der Waals surface area contributed by atoms with Crippen molar-refractivity contribution < 1.29 is 23.9 Å². The molecule has 0 unspecified atom stereocenters. The topological polar surface area (TPSA) is 146 Å². The van der Waals surface area contributed by atoms with Gasteiger partial charge < -0.3 is 34.6 Å². The molecule has 3 aliphatic rings. The molecule has 0 bridgehead atoms. The summed E-state index contributed by atoms with van der Waals surface area (Å²) in [6, 6.07) is 24.7. The number of nitrogens with one attached hydrogen (secondary N) is 3. The molecule has 0 aliphatic carbocycles. The molecule has 272 valence electrons. The van der Waals surface area contributed by atoms with Gasteiger partial charge in [0, 0.05) is 19.7 Å². The van der Waals surface area contributed by atoms with Gasteiger partial charge in [0.05, 0.1) is 43.0 Å². The SMILES string of the molecule is COC(=O)N[C@@H](C(=O)N1CCC[C@H]1c1ncc(-c2ccc(-c3ccc(-c4cnc([C@@H]5CCCN5C(=O)[C@@H]5CCCO5)[nH]4)cc3)cc2)[nH]1)c1ccccc1. The molecule has 8 rings (SSSR count). The number of hydrogen-bond donors (Lipinski definition) is 3. The van der Waals surface area contributed by atoms with Crippen molar-refractivity contribution in [1.82, 2.24) is 35.1 Å². The minimum atomic E-state index is -0.867. The molecule has 4 atom stereocenters. The molecule has 12 heteroatoms. The van der Waals surface area contributed by atoms with Crippen molar-refractivity contribution in [1.29, 1.82) is 0 Å². The van der Waals surface area contributed by atoms with Gasteiger partial charge in [0.25, 0.3) is 11.8 Å².